The minimum Gasteiger partial charge on any atom is -0.491 e. The summed E-state index contributed by atoms with van der Waals surface area (Å²) in [6.07, 6.45) is 0.596. The van der Waals surface area contributed by atoms with Gasteiger partial charge in [-0.3, -0.25) is 4.79 Å². The zero-order chi connectivity index (χ0) is 19.2. The van der Waals surface area contributed by atoms with Crippen molar-refractivity contribution in [2.45, 2.75) is 6.42 Å². The number of rotatable bonds is 0. The van der Waals surface area contributed by atoms with Crippen molar-refractivity contribution in [2.75, 3.05) is 52.9 Å². The van der Waals surface area contributed by atoms with Crippen LogP contribution in [0.1, 0.15) is 27.0 Å². The zero-order valence-corrected chi connectivity index (χ0v) is 15.8. The molecule has 0 atom stereocenters. The minimum absolute atomic E-state index is 0.00574. The van der Waals surface area contributed by atoms with Gasteiger partial charge in [-0.1, -0.05) is 24.3 Å². The van der Waals surface area contributed by atoms with Crippen molar-refractivity contribution >= 4 is 5.78 Å². The molecule has 28 heavy (non-hydrogen) atoms. The van der Waals surface area contributed by atoms with E-state index < -0.39 is 0 Å². The molecule has 0 aromatic heterocycles. The summed E-state index contributed by atoms with van der Waals surface area (Å²) in [5.74, 6) is 1.44. The van der Waals surface area contributed by atoms with E-state index in [1.807, 2.05) is 36.4 Å². The molecule has 0 unspecified atom stereocenters. The third-order valence-electron chi connectivity index (χ3n) is 4.82. The fraction of sp³-hybridized carbons (Fsp3) is 0.409. The molecular formula is C22H24O6. The van der Waals surface area contributed by atoms with Crippen LogP contribution >= 0.6 is 0 Å². The third-order valence-corrected chi connectivity index (χ3v) is 4.82. The normalized spacial score (nSPS) is 18.4. The van der Waals surface area contributed by atoms with Gasteiger partial charge in [0.25, 0.3) is 0 Å². The zero-order valence-electron chi connectivity index (χ0n) is 15.8. The molecule has 1 aliphatic heterocycles. The third kappa shape index (κ3) is 4.19. The van der Waals surface area contributed by atoms with Gasteiger partial charge >= 0.3 is 0 Å². The molecule has 0 spiro atoms. The average Bonchev–Trinajstić information content (AvgIpc) is 2.71. The van der Waals surface area contributed by atoms with E-state index in [-0.39, 0.29) is 5.78 Å². The molecule has 6 nitrogen and oxygen atoms in total. The predicted octanol–water partition coefficient (Wildman–Crippen LogP) is 2.64. The largest absolute Gasteiger partial charge is 0.491 e. The van der Waals surface area contributed by atoms with Gasteiger partial charge in [0.05, 0.1) is 39.6 Å². The van der Waals surface area contributed by atoms with E-state index in [1.165, 1.54) is 0 Å². The lowest BCUT2D eigenvalue weighted by Crippen LogP contribution is -2.19. The number of carbonyl (C=O) groups is 1. The predicted molar refractivity (Wildman–Crippen MR) is 103 cm³/mol. The van der Waals surface area contributed by atoms with Crippen molar-refractivity contribution in [3.05, 3.63) is 58.7 Å². The van der Waals surface area contributed by atoms with E-state index >= 15 is 0 Å². The second-order valence-electron chi connectivity index (χ2n) is 6.60. The first kappa shape index (κ1) is 18.9. The first-order valence-electron chi connectivity index (χ1n) is 9.62. The van der Waals surface area contributed by atoms with Crippen molar-refractivity contribution in [3.8, 4) is 11.5 Å². The summed E-state index contributed by atoms with van der Waals surface area (Å²) in [7, 11) is 0. The Morgan fingerprint density at radius 3 is 1.46 bits per heavy atom. The highest BCUT2D eigenvalue weighted by molar-refractivity contribution is 6.13. The van der Waals surface area contributed by atoms with E-state index in [9.17, 15) is 4.79 Å². The van der Waals surface area contributed by atoms with E-state index in [2.05, 4.69) is 0 Å². The van der Waals surface area contributed by atoms with Gasteiger partial charge in [-0.05, 0) is 12.1 Å². The molecule has 0 amide bonds. The standard InChI is InChI=1S/C22H24O6/c23-22-16-3-1-5-20-18(16)15-19-17(22)4-2-6-21(19)28-14-12-26-10-8-24-7-9-25-11-13-27-20/h1-6H,7-15H2. The van der Waals surface area contributed by atoms with Crippen LogP contribution in [0.2, 0.25) is 0 Å². The summed E-state index contributed by atoms with van der Waals surface area (Å²) >= 11 is 0. The van der Waals surface area contributed by atoms with Gasteiger partial charge in [0.2, 0.25) is 0 Å². The van der Waals surface area contributed by atoms with Crippen LogP contribution in [0.25, 0.3) is 0 Å². The Balaban J connectivity index is 1.61. The molecule has 6 heteroatoms. The Bertz CT molecular complexity index is 766. The van der Waals surface area contributed by atoms with Crippen molar-refractivity contribution in [2.24, 2.45) is 0 Å². The molecule has 1 heterocycles. The highest BCUT2D eigenvalue weighted by atomic mass is 16.6. The summed E-state index contributed by atoms with van der Waals surface area (Å²) in [5, 5.41) is 0. The number of ether oxygens (including phenoxy) is 5. The van der Waals surface area contributed by atoms with Crippen LogP contribution in [0.15, 0.2) is 36.4 Å². The smallest absolute Gasteiger partial charge is 0.193 e. The molecule has 0 fully saturated rings. The fourth-order valence-corrected chi connectivity index (χ4v) is 3.48. The second kappa shape index (κ2) is 9.19. The molecule has 0 radical (unpaired) electrons. The lowest BCUT2D eigenvalue weighted by atomic mass is 9.84. The maximum absolute atomic E-state index is 13.0. The van der Waals surface area contributed by atoms with Crippen LogP contribution in [0.3, 0.4) is 0 Å². The van der Waals surface area contributed by atoms with Crippen molar-refractivity contribution < 1.29 is 28.5 Å². The fourth-order valence-electron chi connectivity index (χ4n) is 3.48. The van der Waals surface area contributed by atoms with Crippen molar-refractivity contribution in [3.63, 3.8) is 0 Å². The van der Waals surface area contributed by atoms with Gasteiger partial charge in [-0.2, -0.15) is 0 Å². The monoisotopic (exact) mass is 384 g/mol. The summed E-state index contributed by atoms with van der Waals surface area (Å²) in [6.45, 7) is 3.81. The Morgan fingerprint density at radius 2 is 1.00 bits per heavy atom. The van der Waals surface area contributed by atoms with Crippen LogP contribution in [-0.2, 0) is 20.6 Å². The van der Waals surface area contributed by atoms with Crippen LogP contribution < -0.4 is 9.47 Å². The molecule has 148 valence electrons. The van der Waals surface area contributed by atoms with Crippen molar-refractivity contribution in [1.29, 1.82) is 0 Å². The number of hydrogen-bond donors (Lipinski definition) is 0. The van der Waals surface area contributed by atoms with E-state index in [0.29, 0.717) is 70.4 Å². The minimum atomic E-state index is 0.00574. The molecule has 0 saturated heterocycles. The molecular weight excluding hydrogens is 360 g/mol. The Labute approximate surface area is 164 Å². The van der Waals surface area contributed by atoms with E-state index in [0.717, 1.165) is 22.6 Å². The van der Waals surface area contributed by atoms with Gasteiger partial charge in [-0.15, -0.1) is 0 Å². The summed E-state index contributed by atoms with van der Waals surface area (Å²) in [5.41, 5.74) is 3.18. The molecule has 1 aliphatic carbocycles. The second-order valence-corrected chi connectivity index (χ2v) is 6.60. The summed E-state index contributed by atoms with van der Waals surface area (Å²) in [4.78, 5) is 13.0. The molecule has 4 rings (SSSR count). The number of ketones is 1. The van der Waals surface area contributed by atoms with E-state index in [4.69, 9.17) is 23.7 Å². The topological polar surface area (TPSA) is 63.2 Å². The SMILES string of the molecule is O=C1c2cccc3c2Cc2c(cccc21)OCCOCCOCCOCCO3. The lowest BCUT2D eigenvalue weighted by Gasteiger charge is -2.23. The molecule has 2 aromatic carbocycles. The average molecular weight is 384 g/mol. The maximum atomic E-state index is 13.0. The molecule has 0 N–H and O–H groups in total. The number of benzene rings is 2. The van der Waals surface area contributed by atoms with Gasteiger partial charge in [0.1, 0.15) is 24.7 Å². The number of carbonyl (C=O) groups excluding carboxylic acids is 1. The van der Waals surface area contributed by atoms with Gasteiger partial charge in [-0.25, -0.2) is 0 Å². The van der Waals surface area contributed by atoms with E-state index in [1.54, 1.807) is 0 Å². The first-order valence-corrected chi connectivity index (χ1v) is 9.62. The molecule has 0 saturated carbocycles. The maximum Gasteiger partial charge on any atom is 0.193 e. The van der Waals surface area contributed by atoms with Gasteiger partial charge in [0.15, 0.2) is 5.78 Å². The molecule has 2 bridgehead atoms. The van der Waals surface area contributed by atoms with Crippen LogP contribution in [-0.4, -0.2) is 58.6 Å². The van der Waals surface area contributed by atoms with Crippen LogP contribution in [0, 0.1) is 0 Å². The highest BCUT2D eigenvalue weighted by Crippen LogP contribution is 2.37. The number of hydrogen-bond acceptors (Lipinski definition) is 6. The van der Waals surface area contributed by atoms with Gasteiger partial charge < -0.3 is 23.7 Å². The van der Waals surface area contributed by atoms with Crippen LogP contribution in [0.4, 0.5) is 0 Å². The Morgan fingerprint density at radius 1 is 0.571 bits per heavy atom. The van der Waals surface area contributed by atoms with Crippen molar-refractivity contribution in [1.82, 2.24) is 0 Å². The highest BCUT2D eigenvalue weighted by Gasteiger charge is 2.28. The van der Waals surface area contributed by atoms with Crippen LogP contribution in [0.5, 0.6) is 11.5 Å². The Hall–Kier alpha value is -2.41. The summed E-state index contributed by atoms with van der Waals surface area (Å²) in [6, 6.07) is 11.2. The van der Waals surface area contributed by atoms with Gasteiger partial charge in [0, 0.05) is 28.7 Å². The first-order chi connectivity index (χ1) is 13.8. The molecule has 2 aromatic rings. The summed E-state index contributed by atoms with van der Waals surface area (Å²) < 4.78 is 28.4. The molecule has 2 aliphatic rings. The Kier molecular flexibility index (Phi) is 6.21. The quantitative estimate of drug-likeness (QED) is 0.594. The lowest BCUT2D eigenvalue weighted by molar-refractivity contribution is 0.00480.